The van der Waals surface area contributed by atoms with Crippen molar-refractivity contribution in [2.24, 2.45) is 5.92 Å². The normalized spacial score (nSPS) is 21.7. The van der Waals surface area contributed by atoms with Crippen molar-refractivity contribution >= 4 is 23.3 Å². The molecular formula is C15H21ClN2O3. The highest BCUT2D eigenvalue weighted by Gasteiger charge is 2.20. The number of carbonyl (C=O) groups excluding carboxylic acids is 1. The van der Waals surface area contributed by atoms with Crippen molar-refractivity contribution in [3.63, 3.8) is 0 Å². The molecule has 2 rings (SSSR count). The molecule has 0 radical (unpaired) electrons. The number of amides is 2. The van der Waals surface area contributed by atoms with E-state index >= 15 is 0 Å². The lowest BCUT2D eigenvalue weighted by molar-refractivity contribution is 0.101. The van der Waals surface area contributed by atoms with Crippen molar-refractivity contribution in [1.29, 1.82) is 0 Å². The van der Waals surface area contributed by atoms with Gasteiger partial charge in [0, 0.05) is 12.6 Å². The summed E-state index contributed by atoms with van der Waals surface area (Å²) in [5.41, 5.74) is 0.511. The van der Waals surface area contributed by atoms with Gasteiger partial charge >= 0.3 is 6.03 Å². The van der Waals surface area contributed by atoms with Gasteiger partial charge in [0.1, 0.15) is 5.75 Å². The molecule has 0 spiro atoms. The zero-order valence-corrected chi connectivity index (χ0v) is 12.8. The Balaban J connectivity index is 1.84. The first-order valence-corrected chi connectivity index (χ1v) is 7.52. The van der Waals surface area contributed by atoms with Crippen LogP contribution in [-0.2, 0) is 0 Å². The van der Waals surface area contributed by atoms with E-state index in [1.807, 2.05) is 0 Å². The molecule has 1 aromatic carbocycles. The molecule has 5 nitrogen and oxygen atoms in total. The van der Waals surface area contributed by atoms with E-state index in [1.54, 1.807) is 25.3 Å². The Morgan fingerprint density at radius 1 is 1.48 bits per heavy atom. The number of urea groups is 1. The van der Waals surface area contributed by atoms with E-state index in [1.165, 1.54) is 0 Å². The summed E-state index contributed by atoms with van der Waals surface area (Å²) in [7, 11) is 1.56. The van der Waals surface area contributed by atoms with Gasteiger partial charge in [-0.3, -0.25) is 0 Å². The summed E-state index contributed by atoms with van der Waals surface area (Å²) in [6.45, 7) is 0.560. The molecule has 3 N–H and O–H groups in total. The molecule has 1 aliphatic rings. The van der Waals surface area contributed by atoms with Gasteiger partial charge in [0.15, 0.2) is 0 Å². The first kappa shape index (κ1) is 15.9. The number of ether oxygens (including phenoxy) is 1. The van der Waals surface area contributed by atoms with Crippen LogP contribution < -0.4 is 15.4 Å². The van der Waals surface area contributed by atoms with E-state index in [2.05, 4.69) is 10.6 Å². The number of aliphatic hydroxyl groups excluding tert-OH is 1. The van der Waals surface area contributed by atoms with Crippen molar-refractivity contribution < 1.29 is 14.6 Å². The molecule has 1 aromatic rings. The van der Waals surface area contributed by atoms with Crippen molar-refractivity contribution in [3.05, 3.63) is 23.2 Å². The molecule has 21 heavy (non-hydrogen) atoms. The third kappa shape index (κ3) is 4.79. The number of hydrogen-bond acceptors (Lipinski definition) is 3. The fourth-order valence-corrected chi connectivity index (χ4v) is 2.74. The molecule has 0 aliphatic heterocycles. The smallest absolute Gasteiger partial charge is 0.319 e. The highest BCUT2D eigenvalue weighted by Crippen LogP contribution is 2.27. The molecule has 1 fully saturated rings. The van der Waals surface area contributed by atoms with E-state index < -0.39 is 0 Å². The van der Waals surface area contributed by atoms with Crippen LogP contribution >= 0.6 is 11.6 Å². The number of hydrogen-bond donors (Lipinski definition) is 3. The van der Waals surface area contributed by atoms with Crippen LogP contribution in [0.3, 0.4) is 0 Å². The van der Waals surface area contributed by atoms with E-state index in [0.29, 0.717) is 28.9 Å². The highest BCUT2D eigenvalue weighted by molar-refractivity contribution is 6.33. The fourth-order valence-electron chi connectivity index (χ4n) is 2.58. The van der Waals surface area contributed by atoms with Crippen LogP contribution in [0.15, 0.2) is 18.2 Å². The van der Waals surface area contributed by atoms with Crippen LogP contribution in [0.5, 0.6) is 5.75 Å². The maximum Gasteiger partial charge on any atom is 0.319 e. The number of rotatable bonds is 4. The average molecular weight is 313 g/mol. The lowest BCUT2D eigenvalue weighted by Gasteiger charge is -2.25. The molecule has 2 amide bonds. The van der Waals surface area contributed by atoms with Crippen molar-refractivity contribution in [2.45, 2.75) is 31.8 Å². The lowest BCUT2D eigenvalue weighted by Crippen LogP contribution is -2.35. The van der Waals surface area contributed by atoms with Crippen LogP contribution in [-0.4, -0.2) is 30.9 Å². The van der Waals surface area contributed by atoms with Crippen molar-refractivity contribution in [3.8, 4) is 5.75 Å². The standard InChI is InChI=1S/C15H21ClN2O3/c1-21-12-5-6-13(16)14(8-12)18-15(20)17-9-10-3-2-4-11(19)7-10/h5-6,8,10-11,19H,2-4,7,9H2,1H3,(H2,17,18,20). The number of methoxy groups -OCH3 is 1. The topological polar surface area (TPSA) is 70.6 Å². The Hall–Kier alpha value is -1.46. The molecule has 116 valence electrons. The molecule has 6 heteroatoms. The summed E-state index contributed by atoms with van der Waals surface area (Å²) in [6, 6.07) is 4.78. The van der Waals surface area contributed by atoms with Gasteiger partial charge in [0.2, 0.25) is 0 Å². The van der Waals surface area contributed by atoms with Crippen LogP contribution in [0.4, 0.5) is 10.5 Å². The Morgan fingerprint density at radius 2 is 2.29 bits per heavy atom. The van der Waals surface area contributed by atoms with E-state index in [-0.39, 0.29) is 12.1 Å². The minimum Gasteiger partial charge on any atom is -0.497 e. The molecule has 2 unspecified atom stereocenters. The van der Waals surface area contributed by atoms with Crippen molar-refractivity contribution in [1.82, 2.24) is 5.32 Å². The molecule has 0 heterocycles. The predicted molar refractivity (Wildman–Crippen MR) is 83.0 cm³/mol. The third-order valence-electron chi connectivity index (χ3n) is 3.73. The minimum atomic E-state index is -0.301. The molecular weight excluding hydrogens is 292 g/mol. The zero-order chi connectivity index (χ0) is 15.2. The number of nitrogens with one attached hydrogen (secondary N) is 2. The van der Waals surface area contributed by atoms with Crippen LogP contribution in [0.25, 0.3) is 0 Å². The summed E-state index contributed by atoms with van der Waals surface area (Å²) in [5.74, 6) is 0.963. The molecule has 2 atom stereocenters. The SMILES string of the molecule is COc1ccc(Cl)c(NC(=O)NCC2CCCC(O)C2)c1. The summed E-state index contributed by atoms with van der Waals surface area (Å²) in [6.07, 6.45) is 3.43. The fraction of sp³-hybridized carbons (Fsp3) is 0.533. The maximum absolute atomic E-state index is 11.9. The monoisotopic (exact) mass is 312 g/mol. The Labute approximate surface area is 129 Å². The zero-order valence-electron chi connectivity index (χ0n) is 12.1. The summed E-state index contributed by atoms with van der Waals surface area (Å²) in [5, 5.41) is 15.6. The number of aliphatic hydroxyl groups is 1. The number of carbonyl (C=O) groups is 1. The number of halogens is 1. The van der Waals surface area contributed by atoms with Gasteiger partial charge < -0.3 is 20.5 Å². The van der Waals surface area contributed by atoms with Crippen LogP contribution in [0.1, 0.15) is 25.7 Å². The quantitative estimate of drug-likeness (QED) is 0.800. The second-order valence-corrected chi connectivity index (χ2v) is 5.77. The minimum absolute atomic E-state index is 0.235. The molecule has 1 saturated carbocycles. The summed E-state index contributed by atoms with van der Waals surface area (Å²) in [4.78, 5) is 11.9. The maximum atomic E-state index is 11.9. The van der Waals surface area contributed by atoms with Crippen LogP contribution in [0, 0.1) is 5.92 Å². The van der Waals surface area contributed by atoms with Crippen molar-refractivity contribution in [2.75, 3.05) is 19.0 Å². The number of anilines is 1. The van der Waals surface area contributed by atoms with Gasteiger partial charge in [-0.25, -0.2) is 4.79 Å². The highest BCUT2D eigenvalue weighted by atomic mass is 35.5. The largest absolute Gasteiger partial charge is 0.497 e. The third-order valence-corrected chi connectivity index (χ3v) is 4.06. The molecule has 1 aliphatic carbocycles. The first-order valence-electron chi connectivity index (χ1n) is 7.15. The summed E-state index contributed by atoms with van der Waals surface area (Å²) < 4.78 is 5.10. The first-order chi connectivity index (χ1) is 10.1. The summed E-state index contributed by atoms with van der Waals surface area (Å²) >= 11 is 6.03. The Kier molecular flexibility index (Phi) is 5.70. The second-order valence-electron chi connectivity index (χ2n) is 5.37. The van der Waals surface area contributed by atoms with E-state index in [4.69, 9.17) is 16.3 Å². The second kappa shape index (κ2) is 7.52. The molecule has 0 bridgehead atoms. The van der Waals surface area contributed by atoms with Crippen LogP contribution in [0.2, 0.25) is 5.02 Å². The molecule has 0 aromatic heterocycles. The Morgan fingerprint density at radius 3 is 3.00 bits per heavy atom. The lowest BCUT2D eigenvalue weighted by atomic mass is 9.87. The van der Waals surface area contributed by atoms with Gasteiger partial charge in [-0.1, -0.05) is 18.0 Å². The number of benzene rings is 1. The van der Waals surface area contributed by atoms with Gasteiger partial charge in [-0.15, -0.1) is 0 Å². The molecule has 0 saturated heterocycles. The average Bonchev–Trinajstić information content (AvgIpc) is 2.47. The predicted octanol–water partition coefficient (Wildman–Crippen LogP) is 3.02. The van der Waals surface area contributed by atoms with Gasteiger partial charge in [0.05, 0.1) is 23.9 Å². The van der Waals surface area contributed by atoms with E-state index in [9.17, 15) is 9.90 Å². The van der Waals surface area contributed by atoms with E-state index in [0.717, 1.165) is 25.7 Å². The van der Waals surface area contributed by atoms with Gasteiger partial charge in [0.25, 0.3) is 0 Å². The Bertz CT molecular complexity index is 496. The van der Waals surface area contributed by atoms with Gasteiger partial charge in [-0.2, -0.15) is 0 Å². The van der Waals surface area contributed by atoms with Gasteiger partial charge in [-0.05, 0) is 37.3 Å².